The van der Waals surface area contributed by atoms with E-state index in [1.54, 1.807) is 0 Å². The number of benzene rings is 2. The third-order valence-corrected chi connectivity index (χ3v) is 5.74. The quantitative estimate of drug-likeness (QED) is 0.301. The molecule has 0 amide bonds. The smallest absolute Gasteiger partial charge is 0.744 e. The first kappa shape index (κ1) is 24.5. The third-order valence-electron chi connectivity index (χ3n) is 3.96. The van der Waals surface area contributed by atoms with Crippen LogP contribution < -0.4 is 0 Å². The summed E-state index contributed by atoms with van der Waals surface area (Å²) in [5, 5.41) is 19.1. The summed E-state index contributed by atoms with van der Waals surface area (Å²) < 4.78 is 65.4. The molecule has 13 heteroatoms. The Kier molecular flexibility index (Phi) is 7.21. The van der Waals surface area contributed by atoms with Crippen LogP contribution in [0.5, 0.6) is 11.5 Å². The van der Waals surface area contributed by atoms with Crippen LogP contribution in [0, 0.1) is 0 Å². The zero-order chi connectivity index (χ0) is 22.1. The number of fused-ring (bicyclic) bond motifs is 2. The Morgan fingerprint density at radius 3 is 1.32 bits per heavy atom. The maximum absolute atomic E-state index is 10.9. The zero-order valence-electron chi connectivity index (χ0n) is 15.2. The Bertz CT molecular complexity index is 1360. The van der Waals surface area contributed by atoms with Crippen molar-refractivity contribution in [1.29, 1.82) is 0 Å². The normalized spacial score (nSPS) is 11.4. The van der Waals surface area contributed by atoms with E-state index in [0.29, 0.717) is 0 Å². The molecule has 2 N–H and O–H groups in total. The first-order valence-corrected chi connectivity index (χ1v) is 10.9. The van der Waals surface area contributed by atoms with E-state index in [9.17, 15) is 36.2 Å². The number of rotatable bonds is 2. The Hall–Kier alpha value is -2.80. The van der Waals surface area contributed by atoms with E-state index < -0.39 is 20.2 Å². The van der Waals surface area contributed by atoms with Gasteiger partial charge in [-0.2, -0.15) is 0 Å². The van der Waals surface area contributed by atoms with Crippen LogP contribution in [-0.4, -0.2) is 46.1 Å². The van der Waals surface area contributed by atoms with Crippen molar-refractivity contribution in [1.82, 2.24) is 9.97 Å². The summed E-state index contributed by atoms with van der Waals surface area (Å²) in [6.07, 6.45) is 2.81. The molecule has 2 heterocycles. The molecule has 0 bridgehead atoms. The second-order valence-electron chi connectivity index (χ2n) is 5.87. The maximum atomic E-state index is 10.9. The van der Waals surface area contributed by atoms with Crippen molar-refractivity contribution in [2.75, 3.05) is 0 Å². The molecule has 0 saturated carbocycles. The molecular weight excluding hydrogens is 492 g/mol. The van der Waals surface area contributed by atoms with Gasteiger partial charge in [0, 0.05) is 23.2 Å². The largest absolute Gasteiger partial charge is 2.00 e. The first-order valence-electron chi connectivity index (χ1n) is 8.05. The summed E-state index contributed by atoms with van der Waals surface area (Å²) in [4.78, 5) is 6.86. The average Bonchev–Trinajstić information content (AvgIpc) is 2.67. The van der Waals surface area contributed by atoms with Gasteiger partial charge in [-0.05, 0) is 48.5 Å². The van der Waals surface area contributed by atoms with Crippen molar-refractivity contribution in [3.05, 3.63) is 60.9 Å². The van der Waals surface area contributed by atoms with Crippen molar-refractivity contribution in [2.45, 2.75) is 9.79 Å². The molecule has 0 radical (unpaired) electrons. The van der Waals surface area contributed by atoms with Crippen LogP contribution in [0.15, 0.2) is 70.7 Å². The molecule has 0 saturated heterocycles. The number of phenolic OH excluding ortho intramolecular Hbond substituents is 2. The van der Waals surface area contributed by atoms with Gasteiger partial charge in [0.15, 0.2) is 0 Å². The van der Waals surface area contributed by atoms with Gasteiger partial charge in [-0.15, -0.1) is 0 Å². The fourth-order valence-corrected chi connectivity index (χ4v) is 4.04. The summed E-state index contributed by atoms with van der Waals surface area (Å²) in [6, 6.07) is 10.3. The van der Waals surface area contributed by atoms with Crippen molar-refractivity contribution in [3.63, 3.8) is 0 Å². The van der Waals surface area contributed by atoms with Gasteiger partial charge in [0.25, 0.3) is 0 Å². The number of phenols is 2. The summed E-state index contributed by atoms with van der Waals surface area (Å²) in [6.45, 7) is 0. The fraction of sp³-hybridized carbons (Fsp3) is 0. The molecule has 4 aromatic rings. The number of pyridine rings is 2. The molecule has 2 aromatic heterocycles. The SMILES string of the molecule is O=S(=O)([O-])c1ccc(O)c2ncccc12.O=S(=O)([O-])c1ccc(O)c2ncccc12.[Fe+2]. The minimum absolute atomic E-state index is 0. The number of hydrogen-bond donors (Lipinski definition) is 2. The summed E-state index contributed by atoms with van der Waals surface area (Å²) in [5.74, 6) is -0.309. The predicted octanol–water partition coefficient (Wildman–Crippen LogP) is 1.69. The minimum Gasteiger partial charge on any atom is -0.744 e. The maximum Gasteiger partial charge on any atom is 2.00 e. The van der Waals surface area contributed by atoms with Crippen LogP contribution >= 0.6 is 0 Å². The van der Waals surface area contributed by atoms with Gasteiger partial charge >= 0.3 is 17.1 Å². The standard InChI is InChI=1S/2C9H7NO4S.Fe/c2*11-7-3-4-8(15(12,13)14)6-2-1-5-10-9(6)7;/h2*1-5,11H,(H,12,13,14);/q;;+2/p-2. The van der Waals surface area contributed by atoms with E-state index in [1.165, 1.54) is 36.7 Å². The van der Waals surface area contributed by atoms with Gasteiger partial charge in [0.1, 0.15) is 42.8 Å². The van der Waals surface area contributed by atoms with E-state index in [-0.39, 0.29) is 60.2 Å². The van der Waals surface area contributed by atoms with Gasteiger partial charge in [-0.3, -0.25) is 9.97 Å². The molecular formula is C18H12FeN2O8S2. The van der Waals surface area contributed by atoms with E-state index in [2.05, 4.69) is 9.97 Å². The van der Waals surface area contributed by atoms with Gasteiger partial charge in [-0.25, -0.2) is 16.8 Å². The molecule has 162 valence electrons. The number of aromatic hydroxyl groups is 2. The molecule has 4 rings (SSSR count). The van der Waals surface area contributed by atoms with E-state index >= 15 is 0 Å². The summed E-state index contributed by atoms with van der Waals surface area (Å²) in [7, 11) is -9.09. The van der Waals surface area contributed by atoms with Gasteiger partial charge in [0.2, 0.25) is 0 Å². The number of nitrogens with zero attached hydrogens (tertiary/aromatic N) is 2. The van der Waals surface area contributed by atoms with E-state index in [0.717, 1.165) is 24.3 Å². The Morgan fingerprint density at radius 1 is 0.645 bits per heavy atom. The van der Waals surface area contributed by atoms with E-state index in [4.69, 9.17) is 0 Å². The average molecular weight is 504 g/mol. The molecule has 0 aliphatic heterocycles. The second kappa shape index (κ2) is 9.14. The molecule has 2 aromatic carbocycles. The first-order chi connectivity index (χ1) is 14.0. The number of hydrogen-bond acceptors (Lipinski definition) is 10. The van der Waals surface area contributed by atoms with Crippen molar-refractivity contribution in [3.8, 4) is 11.5 Å². The van der Waals surface area contributed by atoms with Crippen molar-refractivity contribution >= 4 is 42.0 Å². The number of aromatic nitrogens is 2. The molecule has 0 atom stereocenters. The van der Waals surface area contributed by atoms with Gasteiger partial charge in [-0.1, -0.05) is 0 Å². The zero-order valence-corrected chi connectivity index (χ0v) is 17.9. The van der Waals surface area contributed by atoms with Crippen molar-refractivity contribution < 1.29 is 53.2 Å². The minimum atomic E-state index is -4.55. The van der Waals surface area contributed by atoms with Crippen LogP contribution in [0.25, 0.3) is 21.8 Å². The second-order valence-corrected chi connectivity index (χ2v) is 8.57. The molecule has 0 aliphatic rings. The summed E-state index contributed by atoms with van der Waals surface area (Å²) in [5.41, 5.74) is 0.212. The van der Waals surface area contributed by atoms with Crippen LogP contribution in [0.4, 0.5) is 0 Å². The van der Waals surface area contributed by atoms with Crippen LogP contribution in [0.3, 0.4) is 0 Å². The predicted molar refractivity (Wildman–Crippen MR) is 103 cm³/mol. The monoisotopic (exact) mass is 504 g/mol. The molecule has 0 fully saturated rings. The van der Waals surface area contributed by atoms with Crippen molar-refractivity contribution in [2.24, 2.45) is 0 Å². The Labute approximate surface area is 187 Å². The van der Waals surface area contributed by atoms with Gasteiger partial charge in [0.05, 0.1) is 9.79 Å². The topological polar surface area (TPSA) is 181 Å². The molecule has 0 aliphatic carbocycles. The van der Waals surface area contributed by atoms with Crippen LogP contribution in [0.2, 0.25) is 0 Å². The molecule has 10 nitrogen and oxygen atoms in total. The molecule has 0 spiro atoms. The Morgan fingerprint density at radius 2 is 1.00 bits per heavy atom. The molecule has 31 heavy (non-hydrogen) atoms. The third kappa shape index (κ3) is 5.28. The summed E-state index contributed by atoms with van der Waals surface area (Å²) >= 11 is 0. The van der Waals surface area contributed by atoms with Crippen LogP contribution in [-0.2, 0) is 37.3 Å². The fourth-order valence-electron chi connectivity index (χ4n) is 2.70. The van der Waals surface area contributed by atoms with Crippen LogP contribution in [0.1, 0.15) is 0 Å². The van der Waals surface area contributed by atoms with Gasteiger partial charge < -0.3 is 19.3 Å². The molecule has 0 unspecified atom stereocenters. The Balaban J connectivity index is 0.000000213. The van der Waals surface area contributed by atoms with E-state index in [1.807, 2.05) is 0 Å².